The van der Waals surface area contributed by atoms with Crippen LogP contribution in [0.15, 0.2) is 48.5 Å². The van der Waals surface area contributed by atoms with Gasteiger partial charge in [-0.25, -0.2) is 0 Å². The van der Waals surface area contributed by atoms with Crippen molar-refractivity contribution < 1.29 is 9.59 Å². The minimum absolute atomic E-state index is 0.339. The highest BCUT2D eigenvalue weighted by Gasteiger charge is 2.34. The summed E-state index contributed by atoms with van der Waals surface area (Å²) in [6.07, 6.45) is 0.929. The number of para-hydroxylation sites is 1. The summed E-state index contributed by atoms with van der Waals surface area (Å²) >= 11 is 0. The van der Waals surface area contributed by atoms with Crippen molar-refractivity contribution >= 4 is 33.9 Å². The molecule has 0 bridgehead atoms. The molecule has 4 heteroatoms. The number of rotatable bonds is 3. The Kier molecular flexibility index (Phi) is 3.53. The molecule has 2 N–H and O–H groups in total. The molecule has 0 fully saturated rings. The number of fused-ring (bicyclic) bond motifs is 1. The van der Waals surface area contributed by atoms with Gasteiger partial charge in [0.05, 0.1) is 11.1 Å². The van der Waals surface area contributed by atoms with Crippen LogP contribution in [0, 0.1) is 6.92 Å². The molecule has 2 amide bonds. The Labute approximate surface area is 145 Å². The van der Waals surface area contributed by atoms with Gasteiger partial charge >= 0.3 is 0 Å². The van der Waals surface area contributed by atoms with Gasteiger partial charge in [-0.2, -0.15) is 0 Å². The number of aryl methyl sites for hydroxylation is 2. The van der Waals surface area contributed by atoms with Crippen LogP contribution in [-0.4, -0.2) is 16.8 Å². The zero-order valence-corrected chi connectivity index (χ0v) is 14.1. The number of H-pyrrole nitrogens is 1. The third kappa shape index (κ3) is 2.38. The van der Waals surface area contributed by atoms with E-state index in [2.05, 4.69) is 17.2 Å². The van der Waals surface area contributed by atoms with E-state index in [4.69, 9.17) is 0 Å². The number of aromatic nitrogens is 1. The van der Waals surface area contributed by atoms with Gasteiger partial charge in [0.15, 0.2) is 0 Å². The SMILES string of the molecule is CCc1ccc(C2=C(c3c(C)[nH]c4ccccc34)C(=O)NC2=O)cc1. The highest BCUT2D eigenvalue weighted by molar-refractivity contribution is 6.50. The molecule has 0 atom stereocenters. The zero-order valence-electron chi connectivity index (χ0n) is 14.1. The van der Waals surface area contributed by atoms with E-state index < -0.39 is 0 Å². The molecule has 124 valence electrons. The number of hydrogen-bond donors (Lipinski definition) is 2. The Balaban J connectivity index is 2.00. The van der Waals surface area contributed by atoms with E-state index in [9.17, 15) is 9.59 Å². The molecule has 0 spiro atoms. The minimum atomic E-state index is -0.340. The largest absolute Gasteiger partial charge is 0.358 e. The summed E-state index contributed by atoms with van der Waals surface area (Å²) in [4.78, 5) is 28.4. The summed E-state index contributed by atoms with van der Waals surface area (Å²) in [6.45, 7) is 4.01. The molecule has 4 rings (SSSR count). The van der Waals surface area contributed by atoms with E-state index in [0.29, 0.717) is 11.1 Å². The van der Waals surface area contributed by atoms with Crippen LogP contribution in [0.4, 0.5) is 0 Å². The highest BCUT2D eigenvalue weighted by Crippen LogP contribution is 2.36. The van der Waals surface area contributed by atoms with Gasteiger partial charge in [-0.15, -0.1) is 0 Å². The average Bonchev–Trinajstić information content (AvgIpc) is 3.09. The molecule has 1 aliphatic heterocycles. The van der Waals surface area contributed by atoms with Crippen molar-refractivity contribution in [3.63, 3.8) is 0 Å². The van der Waals surface area contributed by atoms with E-state index in [1.165, 1.54) is 5.56 Å². The van der Waals surface area contributed by atoms with Gasteiger partial charge in [0.1, 0.15) is 0 Å². The summed E-state index contributed by atoms with van der Waals surface area (Å²) in [5, 5.41) is 3.41. The van der Waals surface area contributed by atoms with Crippen LogP contribution in [0.1, 0.15) is 29.3 Å². The molecule has 0 aliphatic carbocycles. The van der Waals surface area contributed by atoms with Crippen LogP contribution in [0.3, 0.4) is 0 Å². The fourth-order valence-electron chi connectivity index (χ4n) is 3.48. The topological polar surface area (TPSA) is 62.0 Å². The Hall–Kier alpha value is -3.14. The molecular formula is C21H18N2O2. The van der Waals surface area contributed by atoms with Crippen LogP contribution in [0.5, 0.6) is 0 Å². The molecule has 4 nitrogen and oxygen atoms in total. The maximum absolute atomic E-state index is 12.6. The van der Waals surface area contributed by atoms with E-state index in [0.717, 1.165) is 34.1 Å². The quantitative estimate of drug-likeness (QED) is 0.721. The van der Waals surface area contributed by atoms with E-state index in [-0.39, 0.29) is 11.8 Å². The molecule has 3 aromatic rings. The summed E-state index contributed by atoms with van der Waals surface area (Å²) in [5.41, 5.74) is 5.48. The molecule has 0 radical (unpaired) electrons. The first kappa shape index (κ1) is 15.4. The van der Waals surface area contributed by atoms with Crippen molar-refractivity contribution in [2.45, 2.75) is 20.3 Å². The third-order valence-electron chi connectivity index (χ3n) is 4.73. The first-order valence-electron chi connectivity index (χ1n) is 8.37. The van der Waals surface area contributed by atoms with Gasteiger partial charge in [-0.1, -0.05) is 49.4 Å². The lowest BCUT2D eigenvalue weighted by Crippen LogP contribution is -2.22. The van der Waals surface area contributed by atoms with E-state index in [1.807, 2.05) is 55.5 Å². The van der Waals surface area contributed by atoms with Gasteiger partial charge in [0.25, 0.3) is 11.8 Å². The fourth-order valence-corrected chi connectivity index (χ4v) is 3.48. The lowest BCUT2D eigenvalue weighted by atomic mass is 9.94. The fraction of sp³-hybridized carbons (Fsp3) is 0.143. The van der Waals surface area contributed by atoms with Crippen LogP contribution in [-0.2, 0) is 16.0 Å². The van der Waals surface area contributed by atoms with Crippen molar-refractivity contribution in [3.8, 4) is 0 Å². The van der Waals surface area contributed by atoms with E-state index in [1.54, 1.807) is 0 Å². The van der Waals surface area contributed by atoms with Gasteiger partial charge in [0, 0.05) is 22.2 Å². The summed E-state index contributed by atoms with van der Waals surface area (Å²) < 4.78 is 0. The number of imide groups is 1. The molecule has 25 heavy (non-hydrogen) atoms. The monoisotopic (exact) mass is 330 g/mol. The number of carbonyl (C=O) groups is 2. The number of nitrogens with one attached hydrogen (secondary N) is 2. The third-order valence-corrected chi connectivity index (χ3v) is 4.73. The van der Waals surface area contributed by atoms with Crippen molar-refractivity contribution in [2.75, 3.05) is 0 Å². The van der Waals surface area contributed by atoms with Gasteiger partial charge in [-0.05, 0) is 30.5 Å². The van der Waals surface area contributed by atoms with Crippen LogP contribution in [0.25, 0.3) is 22.0 Å². The lowest BCUT2D eigenvalue weighted by molar-refractivity contribution is -0.122. The average molecular weight is 330 g/mol. The summed E-state index contributed by atoms with van der Waals surface area (Å²) in [6, 6.07) is 15.6. The van der Waals surface area contributed by atoms with E-state index >= 15 is 0 Å². The zero-order chi connectivity index (χ0) is 17.6. The molecular weight excluding hydrogens is 312 g/mol. The van der Waals surface area contributed by atoms with Crippen LogP contribution in [0.2, 0.25) is 0 Å². The molecule has 0 saturated carbocycles. The number of carbonyl (C=O) groups excluding carboxylic acids is 2. The number of benzene rings is 2. The smallest absolute Gasteiger partial charge is 0.259 e. The second-order valence-corrected chi connectivity index (χ2v) is 6.25. The normalized spacial score (nSPS) is 14.5. The Morgan fingerprint density at radius 1 is 0.880 bits per heavy atom. The second-order valence-electron chi connectivity index (χ2n) is 6.25. The Morgan fingerprint density at radius 3 is 2.28 bits per heavy atom. The minimum Gasteiger partial charge on any atom is -0.358 e. The van der Waals surface area contributed by atoms with Crippen LogP contribution < -0.4 is 5.32 Å². The van der Waals surface area contributed by atoms with Crippen molar-refractivity contribution in [1.29, 1.82) is 0 Å². The molecule has 2 heterocycles. The first-order valence-corrected chi connectivity index (χ1v) is 8.37. The van der Waals surface area contributed by atoms with Crippen molar-refractivity contribution in [1.82, 2.24) is 10.3 Å². The maximum atomic E-state index is 12.6. The molecule has 1 aromatic heterocycles. The van der Waals surface area contributed by atoms with Crippen molar-refractivity contribution in [3.05, 3.63) is 70.9 Å². The number of aromatic amines is 1. The number of hydrogen-bond acceptors (Lipinski definition) is 2. The Morgan fingerprint density at radius 2 is 1.56 bits per heavy atom. The standard InChI is InChI=1S/C21H18N2O2/c1-3-13-8-10-14(11-9-13)18-19(21(25)23-20(18)24)17-12(2)22-16-7-5-4-6-15(16)17/h4-11,22H,3H2,1-2H3,(H,23,24,25). The first-order chi connectivity index (χ1) is 12.1. The predicted octanol–water partition coefficient (Wildman–Crippen LogP) is 3.61. The maximum Gasteiger partial charge on any atom is 0.259 e. The predicted molar refractivity (Wildman–Crippen MR) is 98.8 cm³/mol. The van der Waals surface area contributed by atoms with Gasteiger partial charge < -0.3 is 4.98 Å². The van der Waals surface area contributed by atoms with Crippen LogP contribution >= 0.6 is 0 Å². The molecule has 0 unspecified atom stereocenters. The lowest BCUT2D eigenvalue weighted by Gasteiger charge is -2.06. The molecule has 2 aromatic carbocycles. The van der Waals surface area contributed by atoms with Crippen molar-refractivity contribution in [2.24, 2.45) is 0 Å². The number of amides is 2. The second kappa shape index (κ2) is 5.74. The summed E-state index contributed by atoms with van der Waals surface area (Å²) in [7, 11) is 0. The molecule has 0 saturated heterocycles. The van der Waals surface area contributed by atoms with Gasteiger partial charge in [-0.3, -0.25) is 14.9 Å². The molecule has 1 aliphatic rings. The van der Waals surface area contributed by atoms with Gasteiger partial charge in [0.2, 0.25) is 0 Å². The Bertz CT molecular complexity index is 1040. The highest BCUT2D eigenvalue weighted by atomic mass is 16.2. The summed E-state index contributed by atoms with van der Waals surface area (Å²) in [5.74, 6) is -0.679.